The number of ether oxygens (including phenoxy) is 3. The van der Waals surface area contributed by atoms with E-state index in [-0.39, 0.29) is 24.0 Å². The normalized spacial score (nSPS) is 10.8. The Morgan fingerprint density at radius 1 is 1.09 bits per heavy atom. The Labute approximate surface area is 156 Å². The third-order valence-electron chi connectivity index (χ3n) is 2.96. The van der Waals surface area contributed by atoms with Gasteiger partial charge in [0.25, 0.3) is 0 Å². The number of hydrogen-bond donors (Lipinski definition) is 2. The van der Waals surface area contributed by atoms with Crippen molar-refractivity contribution in [3.8, 4) is 17.2 Å². The van der Waals surface area contributed by atoms with Gasteiger partial charge in [0.15, 0.2) is 17.5 Å². The molecule has 2 N–H and O–H groups in total. The Morgan fingerprint density at radius 2 is 1.74 bits per heavy atom. The second kappa shape index (κ2) is 11.2. The van der Waals surface area contributed by atoms with Crippen LogP contribution in [0.3, 0.4) is 0 Å². The maximum Gasteiger partial charge on any atom is 0.203 e. The molecule has 1 rings (SSSR count). The summed E-state index contributed by atoms with van der Waals surface area (Å²) in [7, 11) is 4.81. The lowest BCUT2D eigenvalue weighted by Gasteiger charge is -2.16. The largest absolute Gasteiger partial charge is 0.493 e. The molecule has 1 aromatic carbocycles. The van der Waals surface area contributed by atoms with Gasteiger partial charge in [0.05, 0.1) is 27.9 Å². The summed E-state index contributed by atoms with van der Waals surface area (Å²) in [6.07, 6.45) is 0. The number of halogens is 1. The number of hydrogen-bond acceptors (Lipinski definition) is 4. The molecule has 0 unspecified atom stereocenters. The minimum Gasteiger partial charge on any atom is -0.493 e. The van der Waals surface area contributed by atoms with Crippen molar-refractivity contribution in [1.29, 1.82) is 0 Å². The van der Waals surface area contributed by atoms with Crippen LogP contribution in [0.4, 0.5) is 0 Å². The van der Waals surface area contributed by atoms with Crippen molar-refractivity contribution >= 4 is 29.9 Å². The second-order valence-corrected chi connectivity index (χ2v) is 4.99. The Bertz CT molecular complexity index is 508. The predicted molar refractivity (Wildman–Crippen MR) is 105 cm³/mol. The third-order valence-corrected chi connectivity index (χ3v) is 2.96. The molecule has 0 aliphatic heterocycles. The third kappa shape index (κ3) is 6.32. The van der Waals surface area contributed by atoms with E-state index >= 15 is 0 Å². The molecule has 1 aromatic rings. The zero-order valence-corrected chi connectivity index (χ0v) is 17.1. The predicted octanol–water partition coefficient (Wildman–Crippen LogP) is 2.79. The smallest absolute Gasteiger partial charge is 0.203 e. The van der Waals surface area contributed by atoms with E-state index in [4.69, 9.17) is 14.2 Å². The SMILES string of the molecule is CCNC(=NCc1ccc(OC)c(OC)c1OC)NC(C)C.I. The molecule has 0 aliphatic carbocycles. The maximum atomic E-state index is 5.47. The van der Waals surface area contributed by atoms with E-state index in [2.05, 4.69) is 29.5 Å². The van der Waals surface area contributed by atoms with Gasteiger partial charge in [-0.05, 0) is 32.9 Å². The van der Waals surface area contributed by atoms with Gasteiger partial charge in [-0.25, -0.2) is 4.99 Å². The molecule has 0 aromatic heterocycles. The van der Waals surface area contributed by atoms with Gasteiger partial charge in [0, 0.05) is 18.2 Å². The fourth-order valence-corrected chi connectivity index (χ4v) is 2.05. The molecule has 0 radical (unpaired) electrons. The first-order valence-electron chi connectivity index (χ1n) is 7.40. The summed E-state index contributed by atoms with van der Waals surface area (Å²) in [6, 6.07) is 4.10. The van der Waals surface area contributed by atoms with E-state index in [9.17, 15) is 0 Å². The van der Waals surface area contributed by atoms with Crippen molar-refractivity contribution in [1.82, 2.24) is 10.6 Å². The average Bonchev–Trinajstić information content (AvgIpc) is 2.51. The number of nitrogens with one attached hydrogen (secondary N) is 2. The molecule has 0 saturated heterocycles. The first-order valence-corrected chi connectivity index (χ1v) is 7.40. The lowest BCUT2D eigenvalue weighted by molar-refractivity contribution is 0.322. The fraction of sp³-hybridized carbons (Fsp3) is 0.562. The van der Waals surface area contributed by atoms with Crippen LogP contribution in [-0.4, -0.2) is 39.9 Å². The maximum absolute atomic E-state index is 5.47. The molecule has 23 heavy (non-hydrogen) atoms. The zero-order valence-electron chi connectivity index (χ0n) is 14.7. The van der Waals surface area contributed by atoms with Crippen LogP contribution in [0.25, 0.3) is 0 Å². The van der Waals surface area contributed by atoms with Gasteiger partial charge < -0.3 is 24.8 Å². The fourth-order valence-electron chi connectivity index (χ4n) is 2.05. The highest BCUT2D eigenvalue weighted by Crippen LogP contribution is 2.39. The van der Waals surface area contributed by atoms with Gasteiger partial charge in [-0.2, -0.15) is 0 Å². The summed E-state index contributed by atoms with van der Waals surface area (Å²) < 4.78 is 16.1. The number of guanidine groups is 1. The van der Waals surface area contributed by atoms with E-state index in [1.807, 2.05) is 19.1 Å². The Kier molecular flexibility index (Phi) is 10.5. The first-order chi connectivity index (χ1) is 10.6. The number of benzene rings is 1. The van der Waals surface area contributed by atoms with Gasteiger partial charge in [0.1, 0.15) is 0 Å². The Hall–Kier alpha value is -1.38. The van der Waals surface area contributed by atoms with Crippen LogP contribution in [-0.2, 0) is 6.54 Å². The molecule has 0 fully saturated rings. The Morgan fingerprint density at radius 3 is 2.22 bits per heavy atom. The monoisotopic (exact) mass is 437 g/mol. The van der Waals surface area contributed by atoms with Crippen LogP contribution in [0, 0.1) is 0 Å². The molecule has 0 amide bonds. The van der Waals surface area contributed by atoms with Gasteiger partial charge in [-0.1, -0.05) is 0 Å². The van der Waals surface area contributed by atoms with Crippen LogP contribution < -0.4 is 24.8 Å². The molecular weight excluding hydrogens is 409 g/mol. The van der Waals surface area contributed by atoms with Crippen LogP contribution in [0.1, 0.15) is 26.3 Å². The number of rotatable bonds is 7. The standard InChI is InChI=1S/C16H27N3O3.HI/c1-7-17-16(19-11(2)3)18-10-12-8-9-13(20-4)15(22-6)14(12)21-5;/h8-9,11H,7,10H2,1-6H3,(H2,17,18,19);1H. The van der Waals surface area contributed by atoms with E-state index < -0.39 is 0 Å². The molecule has 6 nitrogen and oxygen atoms in total. The Balaban J connectivity index is 0.00000484. The van der Waals surface area contributed by atoms with Crippen molar-refractivity contribution in [2.24, 2.45) is 4.99 Å². The minimum absolute atomic E-state index is 0. The van der Waals surface area contributed by atoms with Crippen molar-refractivity contribution in [3.05, 3.63) is 17.7 Å². The second-order valence-electron chi connectivity index (χ2n) is 4.99. The van der Waals surface area contributed by atoms with Crippen molar-refractivity contribution in [3.63, 3.8) is 0 Å². The molecule has 0 heterocycles. The van der Waals surface area contributed by atoms with Gasteiger partial charge in [0.2, 0.25) is 5.75 Å². The van der Waals surface area contributed by atoms with E-state index in [1.54, 1.807) is 21.3 Å². The number of aliphatic imine (C=N–C) groups is 1. The first kappa shape index (κ1) is 21.6. The number of methoxy groups -OCH3 is 3. The summed E-state index contributed by atoms with van der Waals surface area (Å²) >= 11 is 0. The van der Waals surface area contributed by atoms with Crippen LogP contribution in [0.15, 0.2) is 17.1 Å². The van der Waals surface area contributed by atoms with E-state index in [0.717, 1.165) is 18.1 Å². The van der Waals surface area contributed by atoms with E-state index in [1.165, 1.54) is 0 Å². The lowest BCUT2D eigenvalue weighted by atomic mass is 10.1. The van der Waals surface area contributed by atoms with Crippen LogP contribution in [0.2, 0.25) is 0 Å². The molecule has 0 atom stereocenters. The molecule has 0 saturated carbocycles. The zero-order chi connectivity index (χ0) is 16.5. The molecule has 0 spiro atoms. The summed E-state index contributed by atoms with van der Waals surface area (Å²) in [5.41, 5.74) is 0.932. The highest BCUT2D eigenvalue weighted by molar-refractivity contribution is 14.0. The van der Waals surface area contributed by atoms with Crippen molar-refractivity contribution < 1.29 is 14.2 Å². The van der Waals surface area contributed by atoms with Gasteiger partial charge in [-0.15, -0.1) is 24.0 Å². The van der Waals surface area contributed by atoms with Gasteiger partial charge in [-0.3, -0.25) is 0 Å². The summed E-state index contributed by atoms with van der Waals surface area (Å²) in [4.78, 5) is 4.58. The highest BCUT2D eigenvalue weighted by Gasteiger charge is 2.15. The highest BCUT2D eigenvalue weighted by atomic mass is 127. The summed E-state index contributed by atoms with van der Waals surface area (Å²) in [6.45, 7) is 7.47. The van der Waals surface area contributed by atoms with Crippen LogP contribution in [0.5, 0.6) is 17.2 Å². The van der Waals surface area contributed by atoms with Crippen molar-refractivity contribution in [2.75, 3.05) is 27.9 Å². The summed E-state index contributed by atoms with van der Waals surface area (Å²) in [5, 5.41) is 6.50. The molecule has 132 valence electrons. The summed E-state index contributed by atoms with van der Waals surface area (Å²) in [5.74, 6) is 2.64. The van der Waals surface area contributed by atoms with Crippen LogP contribution >= 0.6 is 24.0 Å². The molecule has 0 aliphatic rings. The average molecular weight is 437 g/mol. The van der Waals surface area contributed by atoms with E-state index in [0.29, 0.717) is 29.8 Å². The quantitative estimate of drug-likeness (QED) is 0.390. The molecular formula is C16H28IN3O3. The lowest BCUT2D eigenvalue weighted by Crippen LogP contribution is -2.41. The van der Waals surface area contributed by atoms with Crippen molar-refractivity contribution in [2.45, 2.75) is 33.4 Å². The molecule has 7 heteroatoms. The molecule has 0 bridgehead atoms. The minimum atomic E-state index is 0. The number of nitrogens with zero attached hydrogens (tertiary/aromatic N) is 1. The topological polar surface area (TPSA) is 64.1 Å². The van der Waals surface area contributed by atoms with Gasteiger partial charge >= 0.3 is 0 Å².